The molecule has 1 atom stereocenters. The number of carbonyl (C=O) groups is 2. The summed E-state index contributed by atoms with van der Waals surface area (Å²) in [4.78, 5) is 33.7. The molecular weight excluding hydrogens is 278 g/mol. The molecule has 0 radical (unpaired) electrons. The average molecular weight is 295 g/mol. The number of nitro benzene ring substituents is 1. The summed E-state index contributed by atoms with van der Waals surface area (Å²) >= 11 is 0. The molecular formula is C13H17N3O5. The number of amides is 1. The number of hydrogen-bond donors (Lipinski definition) is 2. The minimum Gasteiger partial charge on any atom is -0.449 e. The number of anilines is 1. The van der Waals surface area contributed by atoms with Crippen molar-refractivity contribution in [3.05, 3.63) is 33.9 Å². The minimum atomic E-state index is -0.972. The smallest absolute Gasteiger partial charge is 0.339 e. The number of nitrogens with zero attached hydrogens (tertiary/aromatic N) is 1. The molecule has 0 aliphatic heterocycles. The van der Waals surface area contributed by atoms with Gasteiger partial charge in [-0.05, 0) is 26.0 Å². The van der Waals surface area contributed by atoms with Crippen LogP contribution in [0.2, 0.25) is 0 Å². The van der Waals surface area contributed by atoms with Crippen molar-refractivity contribution in [2.24, 2.45) is 0 Å². The summed E-state index contributed by atoms with van der Waals surface area (Å²) in [6.07, 6.45) is -0.972. The molecule has 0 unspecified atom stereocenters. The Labute approximate surface area is 121 Å². The first-order valence-corrected chi connectivity index (χ1v) is 6.35. The topological polar surface area (TPSA) is 111 Å². The molecule has 0 aromatic heterocycles. The first kappa shape index (κ1) is 16.4. The molecule has 1 aromatic rings. The summed E-state index contributed by atoms with van der Waals surface area (Å²) in [6, 6.07) is 3.91. The Kier molecular flexibility index (Phi) is 5.65. The summed E-state index contributed by atoms with van der Waals surface area (Å²) in [5, 5.41) is 16.1. The lowest BCUT2D eigenvalue weighted by Crippen LogP contribution is -2.35. The van der Waals surface area contributed by atoms with E-state index in [0.29, 0.717) is 6.54 Å². The fourth-order valence-corrected chi connectivity index (χ4v) is 1.62. The molecule has 0 spiro atoms. The molecule has 0 bridgehead atoms. The molecule has 0 aliphatic rings. The van der Waals surface area contributed by atoms with Gasteiger partial charge in [0.25, 0.3) is 11.6 Å². The van der Waals surface area contributed by atoms with Crippen LogP contribution < -0.4 is 10.6 Å². The highest BCUT2D eigenvalue weighted by Gasteiger charge is 2.21. The molecule has 8 nitrogen and oxygen atoms in total. The van der Waals surface area contributed by atoms with E-state index in [2.05, 4.69) is 10.6 Å². The number of ether oxygens (including phenoxy) is 1. The lowest BCUT2D eigenvalue weighted by molar-refractivity contribution is -0.384. The quantitative estimate of drug-likeness (QED) is 0.465. The first-order chi connectivity index (χ1) is 9.90. The molecule has 8 heteroatoms. The van der Waals surface area contributed by atoms with Crippen LogP contribution in [0.4, 0.5) is 11.4 Å². The van der Waals surface area contributed by atoms with Crippen LogP contribution in [0.25, 0.3) is 0 Å². The van der Waals surface area contributed by atoms with Crippen molar-refractivity contribution in [1.29, 1.82) is 0 Å². The third-order valence-corrected chi connectivity index (χ3v) is 2.70. The Morgan fingerprint density at radius 3 is 2.62 bits per heavy atom. The highest BCUT2D eigenvalue weighted by Crippen LogP contribution is 2.25. The van der Waals surface area contributed by atoms with Gasteiger partial charge in [0.1, 0.15) is 5.69 Å². The predicted octanol–water partition coefficient (Wildman–Crippen LogP) is 1.32. The fraction of sp³-hybridized carbons (Fsp3) is 0.385. The summed E-state index contributed by atoms with van der Waals surface area (Å²) in [5.41, 5.74) is 0.0581. The van der Waals surface area contributed by atoms with Crippen molar-refractivity contribution in [3.8, 4) is 0 Å². The molecule has 2 N–H and O–H groups in total. The molecule has 0 fully saturated rings. The van der Waals surface area contributed by atoms with E-state index in [0.717, 1.165) is 6.07 Å². The number of nitro groups is 1. The van der Waals surface area contributed by atoms with Gasteiger partial charge < -0.3 is 15.4 Å². The second-order valence-electron chi connectivity index (χ2n) is 4.18. The standard InChI is InChI=1S/C13H17N3O5/c1-4-15-12(17)8(2)21-13(18)9-5-6-10(14-3)11(7-9)16(19)20/h5-8,14H,4H2,1-3H3,(H,15,17)/t8-/m1/s1. The average Bonchev–Trinajstić information content (AvgIpc) is 2.46. The van der Waals surface area contributed by atoms with Crippen LogP contribution in [0.1, 0.15) is 24.2 Å². The third kappa shape index (κ3) is 4.16. The van der Waals surface area contributed by atoms with E-state index in [1.807, 2.05) is 0 Å². The molecule has 114 valence electrons. The monoisotopic (exact) mass is 295 g/mol. The number of nitrogens with one attached hydrogen (secondary N) is 2. The fourth-order valence-electron chi connectivity index (χ4n) is 1.62. The maximum absolute atomic E-state index is 11.9. The first-order valence-electron chi connectivity index (χ1n) is 6.35. The van der Waals surface area contributed by atoms with Gasteiger partial charge in [0.05, 0.1) is 10.5 Å². The van der Waals surface area contributed by atoms with E-state index in [1.165, 1.54) is 26.1 Å². The van der Waals surface area contributed by atoms with Crippen molar-refractivity contribution >= 4 is 23.3 Å². The van der Waals surface area contributed by atoms with Gasteiger partial charge in [-0.1, -0.05) is 0 Å². The number of rotatable bonds is 6. The van der Waals surface area contributed by atoms with Crippen molar-refractivity contribution in [1.82, 2.24) is 5.32 Å². The molecule has 1 rings (SSSR count). The van der Waals surface area contributed by atoms with Crippen molar-refractivity contribution in [2.75, 3.05) is 18.9 Å². The summed E-state index contributed by atoms with van der Waals surface area (Å²) in [6.45, 7) is 3.59. The Morgan fingerprint density at radius 1 is 1.43 bits per heavy atom. The van der Waals surface area contributed by atoms with Crippen LogP contribution >= 0.6 is 0 Å². The van der Waals surface area contributed by atoms with Gasteiger partial charge in [-0.3, -0.25) is 14.9 Å². The normalized spacial score (nSPS) is 11.4. The van der Waals surface area contributed by atoms with Crippen LogP contribution in [0, 0.1) is 10.1 Å². The zero-order valence-corrected chi connectivity index (χ0v) is 12.0. The lowest BCUT2D eigenvalue weighted by Gasteiger charge is -2.12. The van der Waals surface area contributed by atoms with E-state index in [9.17, 15) is 19.7 Å². The molecule has 0 heterocycles. The Bertz CT molecular complexity index is 559. The van der Waals surface area contributed by atoms with E-state index in [4.69, 9.17) is 4.74 Å². The van der Waals surface area contributed by atoms with Crippen molar-refractivity contribution in [2.45, 2.75) is 20.0 Å². The van der Waals surface area contributed by atoms with Crippen LogP contribution in [0.3, 0.4) is 0 Å². The van der Waals surface area contributed by atoms with Gasteiger partial charge in [-0.2, -0.15) is 0 Å². The number of esters is 1. The van der Waals surface area contributed by atoms with Crippen molar-refractivity contribution in [3.63, 3.8) is 0 Å². The maximum Gasteiger partial charge on any atom is 0.339 e. The van der Waals surface area contributed by atoms with Gasteiger partial charge >= 0.3 is 5.97 Å². The number of benzene rings is 1. The molecule has 0 aliphatic carbocycles. The zero-order valence-electron chi connectivity index (χ0n) is 12.0. The van der Waals surface area contributed by atoms with Crippen LogP contribution in [0.15, 0.2) is 18.2 Å². The molecule has 1 aromatic carbocycles. The van der Waals surface area contributed by atoms with E-state index >= 15 is 0 Å². The summed E-state index contributed by atoms with van der Waals surface area (Å²) in [5.74, 6) is -1.22. The lowest BCUT2D eigenvalue weighted by atomic mass is 10.1. The van der Waals surface area contributed by atoms with E-state index in [1.54, 1.807) is 6.92 Å². The number of likely N-dealkylation sites (N-methyl/N-ethyl adjacent to an activating group) is 1. The second kappa shape index (κ2) is 7.22. The highest BCUT2D eigenvalue weighted by molar-refractivity contribution is 5.93. The Balaban J connectivity index is 2.90. The van der Waals surface area contributed by atoms with Gasteiger partial charge in [-0.25, -0.2) is 4.79 Å². The molecule has 0 saturated heterocycles. The van der Waals surface area contributed by atoms with Crippen LogP contribution in [-0.4, -0.2) is 36.5 Å². The largest absolute Gasteiger partial charge is 0.449 e. The Hall–Kier alpha value is -2.64. The molecule has 0 saturated carbocycles. The van der Waals surface area contributed by atoms with Crippen LogP contribution in [-0.2, 0) is 9.53 Å². The Morgan fingerprint density at radius 2 is 2.10 bits per heavy atom. The van der Waals surface area contributed by atoms with Gasteiger partial charge in [-0.15, -0.1) is 0 Å². The summed E-state index contributed by atoms with van der Waals surface area (Å²) in [7, 11) is 1.54. The van der Waals surface area contributed by atoms with E-state index < -0.39 is 22.9 Å². The molecule has 1 amide bonds. The van der Waals surface area contributed by atoms with E-state index in [-0.39, 0.29) is 16.9 Å². The van der Waals surface area contributed by atoms with Crippen molar-refractivity contribution < 1.29 is 19.2 Å². The number of carbonyl (C=O) groups excluding carboxylic acids is 2. The zero-order chi connectivity index (χ0) is 16.0. The maximum atomic E-state index is 11.9. The third-order valence-electron chi connectivity index (χ3n) is 2.70. The van der Waals surface area contributed by atoms with Gasteiger partial charge in [0, 0.05) is 19.7 Å². The van der Waals surface area contributed by atoms with Gasteiger partial charge in [0.15, 0.2) is 6.10 Å². The highest BCUT2D eigenvalue weighted by atomic mass is 16.6. The van der Waals surface area contributed by atoms with Crippen LogP contribution in [0.5, 0.6) is 0 Å². The second-order valence-corrected chi connectivity index (χ2v) is 4.18. The summed E-state index contributed by atoms with van der Waals surface area (Å²) < 4.78 is 4.97. The minimum absolute atomic E-state index is 0.0110. The SMILES string of the molecule is CCNC(=O)[C@@H](C)OC(=O)c1ccc(NC)c([N+](=O)[O-])c1. The van der Waals surface area contributed by atoms with Gasteiger partial charge in [0.2, 0.25) is 0 Å². The predicted molar refractivity (Wildman–Crippen MR) is 76.2 cm³/mol. The molecule has 21 heavy (non-hydrogen) atoms. The number of hydrogen-bond acceptors (Lipinski definition) is 6.